The van der Waals surface area contributed by atoms with Crippen LogP contribution in [0.2, 0.25) is 0 Å². The predicted molar refractivity (Wildman–Crippen MR) is 81.6 cm³/mol. The number of aromatic nitrogens is 3. The van der Waals surface area contributed by atoms with Crippen molar-refractivity contribution >= 4 is 11.9 Å². The zero-order valence-electron chi connectivity index (χ0n) is 12.8. The van der Waals surface area contributed by atoms with Crippen LogP contribution in [0.15, 0.2) is 43.0 Å². The van der Waals surface area contributed by atoms with E-state index in [4.69, 9.17) is 10.6 Å². The van der Waals surface area contributed by atoms with Gasteiger partial charge in [-0.2, -0.15) is 5.01 Å². The molecule has 0 aliphatic rings. The first-order chi connectivity index (χ1) is 10.4. The van der Waals surface area contributed by atoms with Crippen molar-refractivity contribution in [3.8, 4) is 0 Å². The highest BCUT2D eigenvalue weighted by atomic mass is 16.6. The van der Waals surface area contributed by atoms with Gasteiger partial charge in [0, 0.05) is 23.9 Å². The summed E-state index contributed by atoms with van der Waals surface area (Å²) in [6, 6.07) is 6.99. The van der Waals surface area contributed by atoms with E-state index < -0.39 is 12.2 Å². The van der Waals surface area contributed by atoms with Crippen LogP contribution < -0.4 is 10.9 Å². The third-order valence-electron chi connectivity index (χ3n) is 2.97. The van der Waals surface area contributed by atoms with E-state index in [-0.39, 0.29) is 11.2 Å². The van der Waals surface area contributed by atoms with Gasteiger partial charge in [0.15, 0.2) is 11.9 Å². The maximum absolute atomic E-state index is 12.3. The Labute approximate surface area is 129 Å². The number of hydrazine groups is 1. The molecule has 2 aromatic heterocycles. The maximum atomic E-state index is 12.3. The lowest BCUT2D eigenvalue weighted by atomic mass is 9.87. The number of nitrogens with two attached hydrogens (primary N) is 1. The van der Waals surface area contributed by atoms with Gasteiger partial charge < -0.3 is 4.74 Å². The van der Waals surface area contributed by atoms with Crippen molar-refractivity contribution in [1.82, 2.24) is 15.0 Å². The third-order valence-corrected chi connectivity index (χ3v) is 2.97. The number of hydrogen-bond acceptors (Lipinski definition) is 6. The van der Waals surface area contributed by atoms with E-state index in [1.54, 1.807) is 12.3 Å². The first-order valence-electron chi connectivity index (χ1n) is 6.82. The SMILES string of the molecule is CC(C)(C)C(OC(=O)N(N)c1ccncn1)c1ccccn1. The number of rotatable bonds is 3. The van der Waals surface area contributed by atoms with Crippen molar-refractivity contribution in [3.63, 3.8) is 0 Å². The number of nitrogens with zero attached hydrogens (tertiary/aromatic N) is 4. The quantitative estimate of drug-likeness (QED) is 0.531. The van der Waals surface area contributed by atoms with Crippen molar-refractivity contribution < 1.29 is 9.53 Å². The number of anilines is 1. The number of amides is 1. The Morgan fingerprint density at radius 3 is 2.55 bits per heavy atom. The highest BCUT2D eigenvalue weighted by molar-refractivity contribution is 5.84. The molecule has 0 radical (unpaired) electrons. The fraction of sp³-hybridized carbons (Fsp3) is 0.333. The van der Waals surface area contributed by atoms with Crippen LogP contribution in [0.25, 0.3) is 0 Å². The molecule has 2 heterocycles. The van der Waals surface area contributed by atoms with Gasteiger partial charge in [-0.05, 0) is 12.1 Å². The lowest BCUT2D eigenvalue weighted by Crippen LogP contribution is -2.40. The highest BCUT2D eigenvalue weighted by Gasteiger charge is 2.32. The Morgan fingerprint density at radius 2 is 2.00 bits per heavy atom. The molecule has 7 nitrogen and oxygen atoms in total. The van der Waals surface area contributed by atoms with Gasteiger partial charge in [0.05, 0.1) is 5.69 Å². The molecule has 0 fully saturated rings. The molecule has 1 atom stereocenters. The molecule has 2 aromatic rings. The van der Waals surface area contributed by atoms with E-state index >= 15 is 0 Å². The summed E-state index contributed by atoms with van der Waals surface area (Å²) in [6.07, 6.45) is 3.23. The Hall–Kier alpha value is -2.54. The normalized spacial score (nSPS) is 12.5. The van der Waals surface area contributed by atoms with Crippen LogP contribution in [0.4, 0.5) is 10.6 Å². The molecule has 1 amide bonds. The Kier molecular flexibility index (Phi) is 4.67. The molecule has 0 aliphatic heterocycles. The molecule has 0 saturated heterocycles. The fourth-order valence-corrected chi connectivity index (χ4v) is 1.89. The van der Waals surface area contributed by atoms with Crippen LogP contribution in [0, 0.1) is 5.41 Å². The number of ether oxygens (including phenoxy) is 1. The minimum atomic E-state index is -0.704. The Balaban J connectivity index is 2.19. The zero-order valence-corrected chi connectivity index (χ0v) is 12.8. The molecule has 22 heavy (non-hydrogen) atoms. The first kappa shape index (κ1) is 15.8. The molecule has 1 unspecified atom stereocenters. The summed E-state index contributed by atoms with van der Waals surface area (Å²) in [5.74, 6) is 6.01. The van der Waals surface area contributed by atoms with E-state index in [1.807, 2.05) is 32.9 Å². The van der Waals surface area contributed by atoms with E-state index in [0.717, 1.165) is 5.01 Å². The van der Waals surface area contributed by atoms with E-state index in [0.29, 0.717) is 5.69 Å². The maximum Gasteiger partial charge on any atom is 0.430 e. The van der Waals surface area contributed by atoms with E-state index in [2.05, 4.69) is 15.0 Å². The van der Waals surface area contributed by atoms with E-state index in [1.165, 1.54) is 18.6 Å². The van der Waals surface area contributed by atoms with Crippen molar-refractivity contribution in [3.05, 3.63) is 48.7 Å². The van der Waals surface area contributed by atoms with Gasteiger partial charge in [0.1, 0.15) is 6.33 Å². The van der Waals surface area contributed by atoms with Crippen LogP contribution in [0.3, 0.4) is 0 Å². The molecule has 0 aliphatic carbocycles. The molecular formula is C15H19N5O2. The summed E-state index contributed by atoms with van der Waals surface area (Å²) in [6.45, 7) is 5.89. The van der Waals surface area contributed by atoms with E-state index in [9.17, 15) is 4.79 Å². The summed E-state index contributed by atoms with van der Waals surface area (Å²) in [5.41, 5.74) is 0.329. The van der Waals surface area contributed by atoms with Crippen LogP contribution in [0.5, 0.6) is 0 Å². The standard InChI is InChI=1S/C15H19N5O2/c1-15(2,3)13(11-6-4-5-8-18-11)22-14(21)20(16)12-7-9-17-10-19-12/h4-10,13H,16H2,1-3H3. The van der Waals surface area contributed by atoms with Gasteiger partial charge in [-0.1, -0.05) is 26.8 Å². The van der Waals surface area contributed by atoms with Crippen molar-refractivity contribution in [2.75, 3.05) is 5.01 Å². The van der Waals surface area contributed by atoms with Crippen LogP contribution in [-0.2, 0) is 4.74 Å². The number of hydrogen-bond donors (Lipinski definition) is 1. The van der Waals surface area contributed by atoms with Crippen molar-refractivity contribution in [2.45, 2.75) is 26.9 Å². The fourth-order valence-electron chi connectivity index (χ4n) is 1.89. The summed E-state index contributed by atoms with van der Waals surface area (Å²) < 4.78 is 5.56. The lowest BCUT2D eigenvalue weighted by Gasteiger charge is -2.30. The van der Waals surface area contributed by atoms with Crippen molar-refractivity contribution in [1.29, 1.82) is 0 Å². The minimum Gasteiger partial charge on any atom is -0.438 e. The number of pyridine rings is 1. The molecule has 7 heteroatoms. The highest BCUT2D eigenvalue weighted by Crippen LogP contribution is 2.35. The van der Waals surface area contributed by atoms with Crippen molar-refractivity contribution in [2.24, 2.45) is 11.3 Å². The second kappa shape index (κ2) is 6.48. The van der Waals surface area contributed by atoms with Gasteiger partial charge in [0.2, 0.25) is 0 Å². The molecule has 0 saturated carbocycles. The molecule has 2 N–H and O–H groups in total. The summed E-state index contributed by atoms with van der Waals surface area (Å²) in [5, 5.41) is 0.851. The smallest absolute Gasteiger partial charge is 0.430 e. The van der Waals surface area contributed by atoms with Gasteiger partial charge in [-0.25, -0.2) is 20.6 Å². The topological polar surface area (TPSA) is 94.2 Å². The molecule has 0 spiro atoms. The monoisotopic (exact) mass is 301 g/mol. The van der Waals surface area contributed by atoms with Gasteiger partial charge in [0.25, 0.3) is 0 Å². The molecular weight excluding hydrogens is 282 g/mol. The molecule has 116 valence electrons. The second-order valence-electron chi connectivity index (χ2n) is 5.82. The Bertz CT molecular complexity index is 613. The Morgan fingerprint density at radius 1 is 1.23 bits per heavy atom. The molecule has 0 aromatic carbocycles. The first-order valence-corrected chi connectivity index (χ1v) is 6.82. The summed E-state index contributed by atoms with van der Waals surface area (Å²) in [7, 11) is 0. The number of carbonyl (C=O) groups excluding carboxylic acids is 1. The molecule has 2 rings (SSSR count). The minimum absolute atomic E-state index is 0.258. The van der Waals surface area contributed by atoms with Gasteiger partial charge in [-0.15, -0.1) is 0 Å². The van der Waals surface area contributed by atoms with Crippen LogP contribution >= 0.6 is 0 Å². The lowest BCUT2D eigenvalue weighted by molar-refractivity contribution is 0.0316. The second-order valence-corrected chi connectivity index (χ2v) is 5.82. The number of carbonyl (C=O) groups is 1. The molecule has 0 bridgehead atoms. The van der Waals surface area contributed by atoms with Crippen LogP contribution in [0.1, 0.15) is 32.6 Å². The van der Waals surface area contributed by atoms with Crippen LogP contribution in [-0.4, -0.2) is 21.0 Å². The third kappa shape index (κ3) is 3.76. The summed E-state index contributed by atoms with van der Waals surface area (Å²) >= 11 is 0. The zero-order chi connectivity index (χ0) is 16.2. The van der Waals surface area contributed by atoms with Gasteiger partial charge in [-0.3, -0.25) is 4.98 Å². The largest absolute Gasteiger partial charge is 0.438 e. The van der Waals surface area contributed by atoms with Gasteiger partial charge >= 0.3 is 6.09 Å². The average Bonchev–Trinajstić information content (AvgIpc) is 2.52. The predicted octanol–water partition coefficient (Wildman–Crippen LogP) is 2.48. The average molecular weight is 301 g/mol. The summed E-state index contributed by atoms with van der Waals surface area (Å²) in [4.78, 5) is 24.2.